The summed E-state index contributed by atoms with van der Waals surface area (Å²) < 4.78 is 22.8. The van der Waals surface area contributed by atoms with Gasteiger partial charge in [-0.05, 0) is 37.0 Å². The highest BCUT2D eigenvalue weighted by atomic mass is 19.1. The number of ketones is 1. The number of Topliss-reactive ketones (excluding diaryl/α,β-unsaturated/α-hetero) is 1. The van der Waals surface area contributed by atoms with Gasteiger partial charge in [0.05, 0.1) is 19.1 Å². The number of ether oxygens (including phenoxy) is 1. The second-order valence-corrected chi connectivity index (χ2v) is 7.24. The summed E-state index contributed by atoms with van der Waals surface area (Å²) in [5.74, 6) is -2.22. The minimum atomic E-state index is -0.806. The molecular formula is C21H25FN2O5. The Hall–Kier alpha value is -3.03. The fraction of sp³-hybridized carbons (Fsp3) is 0.429. The smallest absolute Gasteiger partial charge is 0.309 e. The number of carbonyl (C=O) groups is 3. The molecule has 0 fully saturated rings. The molecule has 1 heterocycles. The summed E-state index contributed by atoms with van der Waals surface area (Å²) in [4.78, 5) is 37.5. The molecule has 2 atom stereocenters. The molecule has 7 nitrogen and oxygen atoms in total. The molecular weight excluding hydrogens is 379 g/mol. The van der Waals surface area contributed by atoms with Crippen molar-refractivity contribution in [3.63, 3.8) is 0 Å². The van der Waals surface area contributed by atoms with Crippen LogP contribution >= 0.6 is 0 Å². The molecule has 1 amide bonds. The molecule has 2 rings (SSSR count). The van der Waals surface area contributed by atoms with E-state index in [1.165, 1.54) is 25.3 Å². The molecule has 0 aliphatic rings. The Morgan fingerprint density at radius 3 is 2.38 bits per heavy atom. The standard InChI is InChI=1S/C21H25FN2O5/c1-12(2)19(23-20(26)17-9-13(3)29-24-17)18(25)11-15(21(27)28-4)10-14-5-7-16(22)8-6-14/h5-9,12,15,19H,10-11H2,1-4H3,(H,23,26)/t15-,19+/m1/s1. The summed E-state index contributed by atoms with van der Waals surface area (Å²) in [5.41, 5.74) is 0.787. The molecule has 1 aromatic carbocycles. The van der Waals surface area contributed by atoms with Gasteiger partial charge in [-0.3, -0.25) is 14.4 Å². The molecule has 156 valence electrons. The Kier molecular flexibility index (Phi) is 7.64. The Morgan fingerprint density at radius 1 is 1.21 bits per heavy atom. The maximum atomic E-state index is 13.1. The first-order valence-electron chi connectivity index (χ1n) is 9.30. The van der Waals surface area contributed by atoms with Gasteiger partial charge in [0.1, 0.15) is 11.6 Å². The molecule has 0 aliphatic heterocycles. The van der Waals surface area contributed by atoms with Gasteiger partial charge in [0.2, 0.25) is 0 Å². The van der Waals surface area contributed by atoms with E-state index in [0.717, 1.165) is 0 Å². The molecule has 0 radical (unpaired) electrons. The van der Waals surface area contributed by atoms with Crippen LogP contribution in [0.4, 0.5) is 4.39 Å². The van der Waals surface area contributed by atoms with Gasteiger partial charge in [-0.15, -0.1) is 0 Å². The Labute approximate surface area is 168 Å². The highest BCUT2D eigenvalue weighted by Gasteiger charge is 2.30. The lowest BCUT2D eigenvalue weighted by Gasteiger charge is -2.23. The maximum Gasteiger partial charge on any atom is 0.309 e. The van der Waals surface area contributed by atoms with Crippen LogP contribution in [0, 0.1) is 24.6 Å². The minimum absolute atomic E-state index is 0.0804. The Morgan fingerprint density at radius 2 is 1.86 bits per heavy atom. The number of benzene rings is 1. The zero-order valence-electron chi connectivity index (χ0n) is 16.9. The van der Waals surface area contributed by atoms with Crippen molar-refractivity contribution >= 4 is 17.7 Å². The summed E-state index contributed by atoms with van der Waals surface area (Å²) in [7, 11) is 1.25. The largest absolute Gasteiger partial charge is 0.469 e. The van der Waals surface area contributed by atoms with Crippen LogP contribution in [-0.4, -0.2) is 36.0 Å². The average Bonchev–Trinajstić information content (AvgIpc) is 3.12. The first-order valence-corrected chi connectivity index (χ1v) is 9.30. The third-order valence-corrected chi connectivity index (χ3v) is 4.54. The summed E-state index contributed by atoms with van der Waals surface area (Å²) in [5, 5.41) is 6.32. The van der Waals surface area contributed by atoms with Gasteiger partial charge >= 0.3 is 5.97 Å². The lowest BCUT2D eigenvalue weighted by molar-refractivity contribution is -0.147. The number of nitrogens with zero attached hydrogens (tertiary/aromatic N) is 1. The third-order valence-electron chi connectivity index (χ3n) is 4.54. The van der Waals surface area contributed by atoms with E-state index in [1.807, 2.05) is 0 Å². The van der Waals surface area contributed by atoms with E-state index in [-0.39, 0.29) is 36.1 Å². The van der Waals surface area contributed by atoms with E-state index < -0.39 is 23.8 Å². The van der Waals surface area contributed by atoms with E-state index in [1.54, 1.807) is 32.9 Å². The van der Waals surface area contributed by atoms with Crippen molar-refractivity contribution in [1.82, 2.24) is 10.5 Å². The second-order valence-electron chi connectivity index (χ2n) is 7.24. The van der Waals surface area contributed by atoms with Crippen molar-refractivity contribution in [1.29, 1.82) is 0 Å². The van der Waals surface area contributed by atoms with Gasteiger partial charge in [-0.1, -0.05) is 31.1 Å². The molecule has 0 bridgehead atoms. The van der Waals surface area contributed by atoms with Crippen LogP contribution < -0.4 is 5.32 Å². The highest BCUT2D eigenvalue weighted by Crippen LogP contribution is 2.18. The zero-order chi connectivity index (χ0) is 21.6. The zero-order valence-corrected chi connectivity index (χ0v) is 16.9. The first-order chi connectivity index (χ1) is 13.7. The van der Waals surface area contributed by atoms with Crippen molar-refractivity contribution in [2.75, 3.05) is 7.11 Å². The van der Waals surface area contributed by atoms with Gasteiger partial charge in [0, 0.05) is 12.5 Å². The summed E-state index contributed by atoms with van der Waals surface area (Å²) in [6.45, 7) is 5.25. The Bertz CT molecular complexity index is 860. The number of carbonyl (C=O) groups excluding carboxylic acids is 3. The van der Waals surface area contributed by atoms with E-state index in [9.17, 15) is 18.8 Å². The number of halogens is 1. The number of hydrogen-bond donors (Lipinski definition) is 1. The number of esters is 1. The van der Waals surface area contributed by atoms with Gasteiger partial charge in [0.15, 0.2) is 11.5 Å². The van der Waals surface area contributed by atoms with E-state index in [2.05, 4.69) is 10.5 Å². The molecule has 0 saturated heterocycles. The number of methoxy groups -OCH3 is 1. The van der Waals surface area contributed by atoms with Crippen molar-refractivity contribution in [2.45, 2.75) is 39.7 Å². The Balaban J connectivity index is 2.12. The maximum absolute atomic E-state index is 13.1. The van der Waals surface area contributed by atoms with Crippen molar-refractivity contribution in [3.05, 3.63) is 53.2 Å². The average molecular weight is 404 g/mol. The van der Waals surface area contributed by atoms with Crippen LogP contribution in [0.2, 0.25) is 0 Å². The molecule has 29 heavy (non-hydrogen) atoms. The van der Waals surface area contributed by atoms with E-state index in [4.69, 9.17) is 9.26 Å². The number of rotatable bonds is 9. The fourth-order valence-corrected chi connectivity index (χ4v) is 2.99. The summed E-state index contributed by atoms with van der Waals surface area (Å²) in [6, 6.07) is 6.38. The van der Waals surface area contributed by atoms with Crippen LogP contribution in [0.3, 0.4) is 0 Å². The van der Waals surface area contributed by atoms with E-state index >= 15 is 0 Å². The molecule has 0 saturated carbocycles. The molecule has 0 spiro atoms. The van der Waals surface area contributed by atoms with Crippen molar-refractivity contribution in [3.8, 4) is 0 Å². The quantitative estimate of drug-likeness (QED) is 0.646. The second kappa shape index (κ2) is 9.95. The summed E-state index contributed by atoms with van der Waals surface area (Å²) >= 11 is 0. The van der Waals surface area contributed by atoms with Crippen LogP contribution in [-0.2, 0) is 20.7 Å². The number of nitrogens with one attached hydrogen (secondary N) is 1. The molecule has 1 aromatic heterocycles. The molecule has 2 aromatic rings. The number of aromatic nitrogens is 1. The highest BCUT2D eigenvalue weighted by molar-refractivity contribution is 5.97. The fourth-order valence-electron chi connectivity index (χ4n) is 2.99. The van der Waals surface area contributed by atoms with E-state index in [0.29, 0.717) is 11.3 Å². The lowest BCUT2D eigenvalue weighted by atomic mass is 9.89. The number of aryl methyl sites for hydroxylation is 1. The van der Waals surface area contributed by atoms with Gasteiger partial charge in [-0.25, -0.2) is 4.39 Å². The normalized spacial score (nSPS) is 13.0. The number of amides is 1. The van der Waals surface area contributed by atoms with Crippen LogP contribution in [0.15, 0.2) is 34.9 Å². The van der Waals surface area contributed by atoms with Gasteiger partial charge in [0.25, 0.3) is 5.91 Å². The van der Waals surface area contributed by atoms with Crippen molar-refractivity contribution < 1.29 is 28.0 Å². The summed E-state index contributed by atoms with van der Waals surface area (Å²) in [6.07, 6.45) is 0.102. The van der Waals surface area contributed by atoms with Crippen LogP contribution in [0.25, 0.3) is 0 Å². The van der Waals surface area contributed by atoms with Gasteiger partial charge in [-0.2, -0.15) is 0 Å². The van der Waals surface area contributed by atoms with Crippen LogP contribution in [0.5, 0.6) is 0 Å². The van der Waals surface area contributed by atoms with Crippen LogP contribution in [0.1, 0.15) is 42.1 Å². The minimum Gasteiger partial charge on any atom is -0.469 e. The topological polar surface area (TPSA) is 98.5 Å². The van der Waals surface area contributed by atoms with Crippen molar-refractivity contribution in [2.24, 2.45) is 11.8 Å². The monoisotopic (exact) mass is 404 g/mol. The first kappa shape index (κ1) is 22.3. The SMILES string of the molecule is COC(=O)[C@@H](CC(=O)[C@@H](NC(=O)c1cc(C)on1)C(C)C)Cc1ccc(F)cc1. The third kappa shape index (κ3) is 6.23. The van der Waals surface area contributed by atoms with Gasteiger partial charge < -0.3 is 14.6 Å². The number of hydrogen-bond acceptors (Lipinski definition) is 6. The lowest BCUT2D eigenvalue weighted by Crippen LogP contribution is -2.45. The predicted octanol–water partition coefficient (Wildman–Crippen LogP) is 2.87. The molecule has 8 heteroatoms. The molecule has 0 unspecified atom stereocenters. The molecule has 1 N–H and O–H groups in total. The molecule has 0 aliphatic carbocycles. The predicted molar refractivity (Wildman–Crippen MR) is 103 cm³/mol.